The second-order valence-electron chi connectivity index (χ2n) is 5.05. The van der Waals surface area contributed by atoms with Gasteiger partial charge in [-0.15, -0.1) is 0 Å². The standard InChI is InChI=1S/C14H23N3O/c1-3-15-12-4-6-16-13(8-12)9-17-7-5-11(2)14(17)10-18/h4,6,8,11,14,18H,3,5,7,9-10H2,1-2H3,(H,15,16). The molecule has 0 spiro atoms. The molecule has 1 aliphatic heterocycles. The highest BCUT2D eigenvalue weighted by Crippen LogP contribution is 2.25. The van der Waals surface area contributed by atoms with Gasteiger partial charge in [0, 0.05) is 31.0 Å². The lowest BCUT2D eigenvalue weighted by Gasteiger charge is -2.24. The number of nitrogens with zero attached hydrogens (tertiary/aromatic N) is 2. The summed E-state index contributed by atoms with van der Waals surface area (Å²) in [6.45, 7) is 7.35. The minimum absolute atomic E-state index is 0.244. The fraction of sp³-hybridized carbons (Fsp3) is 0.643. The van der Waals surface area contributed by atoms with Crippen molar-refractivity contribution < 1.29 is 5.11 Å². The first-order chi connectivity index (χ1) is 8.74. The van der Waals surface area contributed by atoms with Crippen LogP contribution in [0.3, 0.4) is 0 Å². The summed E-state index contributed by atoms with van der Waals surface area (Å²) in [5.41, 5.74) is 2.19. The monoisotopic (exact) mass is 249 g/mol. The number of rotatable bonds is 5. The van der Waals surface area contributed by atoms with Crippen molar-refractivity contribution in [3.63, 3.8) is 0 Å². The summed E-state index contributed by atoms with van der Waals surface area (Å²) in [7, 11) is 0. The van der Waals surface area contributed by atoms with E-state index in [9.17, 15) is 5.11 Å². The van der Waals surface area contributed by atoms with Crippen LogP contribution in [0.4, 0.5) is 5.69 Å². The summed E-state index contributed by atoms with van der Waals surface area (Å²) in [6.07, 6.45) is 3.01. The molecule has 2 heterocycles. The number of nitrogens with one attached hydrogen (secondary N) is 1. The Morgan fingerprint density at radius 2 is 2.39 bits per heavy atom. The number of anilines is 1. The molecule has 18 heavy (non-hydrogen) atoms. The highest BCUT2D eigenvalue weighted by atomic mass is 16.3. The molecule has 4 nitrogen and oxygen atoms in total. The van der Waals surface area contributed by atoms with Gasteiger partial charge in [-0.05, 0) is 37.9 Å². The van der Waals surface area contributed by atoms with Crippen LogP contribution in [0.1, 0.15) is 26.0 Å². The SMILES string of the molecule is CCNc1ccnc(CN2CCC(C)C2CO)c1. The molecule has 2 unspecified atom stereocenters. The number of likely N-dealkylation sites (tertiary alicyclic amines) is 1. The Balaban J connectivity index is 2.02. The highest BCUT2D eigenvalue weighted by molar-refractivity contribution is 5.42. The summed E-state index contributed by atoms with van der Waals surface area (Å²) < 4.78 is 0. The van der Waals surface area contributed by atoms with Gasteiger partial charge in [0.05, 0.1) is 12.3 Å². The van der Waals surface area contributed by atoms with Crippen molar-refractivity contribution >= 4 is 5.69 Å². The van der Waals surface area contributed by atoms with Gasteiger partial charge in [0.1, 0.15) is 0 Å². The zero-order valence-corrected chi connectivity index (χ0v) is 11.3. The molecule has 1 aliphatic rings. The maximum atomic E-state index is 9.45. The number of aromatic nitrogens is 1. The molecule has 0 saturated carbocycles. The van der Waals surface area contributed by atoms with E-state index in [2.05, 4.69) is 35.1 Å². The van der Waals surface area contributed by atoms with Crippen molar-refractivity contribution in [2.75, 3.05) is 25.0 Å². The Bertz CT molecular complexity index is 383. The van der Waals surface area contributed by atoms with Crippen molar-refractivity contribution in [2.24, 2.45) is 5.92 Å². The quantitative estimate of drug-likeness (QED) is 0.834. The number of aliphatic hydroxyl groups is 1. The van der Waals surface area contributed by atoms with Crippen molar-refractivity contribution in [1.82, 2.24) is 9.88 Å². The van der Waals surface area contributed by atoms with Crippen LogP contribution in [0.2, 0.25) is 0 Å². The molecule has 100 valence electrons. The normalized spacial score (nSPS) is 24.4. The molecule has 4 heteroatoms. The first-order valence-electron chi connectivity index (χ1n) is 6.78. The van der Waals surface area contributed by atoms with E-state index in [1.54, 1.807) is 0 Å². The summed E-state index contributed by atoms with van der Waals surface area (Å²) in [5.74, 6) is 0.576. The largest absolute Gasteiger partial charge is 0.395 e. The Morgan fingerprint density at radius 1 is 1.56 bits per heavy atom. The zero-order chi connectivity index (χ0) is 13.0. The van der Waals surface area contributed by atoms with E-state index in [0.29, 0.717) is 5.92 Å². The van der Waals surface area contributed by atoms with Crippen LogP contribution in [0.5, 0.6) is 0 Å². The van der Waals surface area contributed by atoms with Gasteiger partial charge in [-0.3, -0.25) is 9.88 Å². The second kappa shape index (κ2) is 6.16. The zero-order valence-electron chi connectivity index (χ0n) is 11.3. The molecule has 2 atom stereocenters. The molecule has 0 aliphatic carbocycles. The predicted octanol–water partition coefficient (Wildman–Crippen LogP) is 1.72. The lowest BCUT2D eigenvalue weighted by atomic mass is 10.0. The topological polar surface area (TPSA) is 48.4 Å². The average Bonchev–Trinajstić information content (AvgIpc) is 2.71. The summed E-state index contributed by atoms with van der Waals surface area (Å²) in [4.78, 5) is 6.75. The van der Waals surface area contributed by atoms with Crippen molar-refractivity contribution in [3.05, 3.63) is 24.0 Å². The molecule has 2 rings (SSSR count). The molecule has 0 radical (unpaired) electrons. The van der Waals surface area contributed by atoms with Gasteiger partial charge < -0.3 is 10.4 Å². The van der Waals surface area contributed by atoms with E-state index < -0.39 is 0 Å². The van der Waals surface area contributed by atoms with Gasteiger partial charge in [0.2, 0.25) is 0 Å². The van der Waals surface area contributed by atoms with Crippen molar-refractivity contribution in [2.45, 2.75) is 32.9 Å². The molecule has 1 aromatic heterocycles. The lowest BCUT2D eigenvalue weighted by molar-refractivity contribution is 0.133. The molecular formula is C14H23N3O. The summed E-state index contributed by atoms with van der Waals surface area (Å²) in [5, 5.41) is 12.7. The fourth-order valence-corrected chi connectivity index (χ4v) is 2.67. The van der Waals surface area contributed by atoms with Gasteiger partial charge in [-0.2, -0.15) is 0 Å². The Morgan fingerprint density at radius 3 is 3.11 bits per heavy atom. The van der Waals surface area contributed by atoms with Gasteiger partial charge in [-0.1, -0.05) is 6.92 Å². The number of hydrogen-bond acceptors (Lipinski definition) is 4. The third-order valence-corrected chi connectivity index (χ3v) is 3.75. The maximum Gasteiger partial charge on any atom is 0.0589 e. The molecule has 0 amide bonds. The van der Waals surface area contributed by atoms with Crippen LogP contribution in [-0.4, -0.2) is 40.7 Å². The third kappa shape index (κ3) is 3.00. The second-order valence-corrected chi connectivity index (χ2v) is 5.05. The minimum atomic E-state index is 0.244. The molecular weight excluding hydrogens is 226 g/mol. The van der Waals surface area contributed by atoms with E-state index in [-0.39, 0.29) is 12.6 Å². The minimum Gasteiger partial charge on any atom is -0.395 e. The van der Waals surface area contributed by atoms with Crippen molar-refractivity contribution in [3.8, 4) is 0 Å². The smallest absolute Gasteiger partial charge is 0.0589 e. The van der Waals surface area contributed by atoms with Gasteiger partial charge >= 0.3 is 0 Å². The highest BCUT2D eigenvalue weighted by Gasteiger charge is 2.30. The average molecular weight is 249 g/mol. The summed E-state index contributed by atoms with van der Waals surface area (Å²) >= 11 is 0. The third-order valence-electron chi connectivity index (χ3n) is 3.75. The first kappa shape index (κ1) is 13.3. The predicted molar refractivity (Wildman–Crippen MR) is 73.5 cm³/mol. The van der Waals surface area contributed by atoms with Crippen LogP contribution in [-0.2, 0) is 6.54 Å². The number of pyridine rings is 1. The molecule has 1 fully saturated rings. The first-order valence-corrected chi connectivity index (χ1v) is 6.78. The van der Waals surface area contributed by atoms with Crippen LogP contribution < -0.4 is 5.32 Å². The lowest BCUT2D eigenvalue weighted by Crippen LogP contribution is -2.34. The van der Waals surface area contributed by atoms with E-state index in [4.69, 9.17) is 0 Å². The van der Waals surface area contributed by atoms with Gasteiger partial charge in [0.15, 0.2) is 0 Å². The van der Waals surface area contributed by atoms with E-state index in [1.807, 2.05) is 12.3 Å². The molecule has 1 aromatic rings. The van der Waals surface area contributed by atoms with Gasteiger partial charge in [0.25, 0.3) is 0 Å². The van der Waals surface area contributed by atoms with E-state index in [0.717, 1.165) is 37.4 Å². The van der Waals surface area contributed by atoms with E-state index in [1.165, 1.54) is 0 Å². The van der Waals surface area contributed by atoms with Crippen LogP contribution >= 0.6 is 0 Å². The van der Waals surface area contributed by atoms with Gasteiger partial charge in [-0.25, -0.2) is 0 Å². The summed E-state index contributed by atoms with van der Waals surface area (Å²) in [6, 6.07) is 4.37. The van der Waals surface area contributed by atoms with Crippen molar-refractivity contribution in [1.29, 1.82) is 0 Å². The van der Waals surface area contributed by atoms with Crippen LogP contribution in [0.25, 0.3) is 0 Å². The fourth-order valence-electron chi connectivity index (χ4n) is 2.67. The Hall–Kier alpha value is -1.13. The van der Waals surface area contributed by atoms with Crippen LogP contribution in [0, 0.1) is 5.92 Å². The number of aliphatic hydroxyl groups excluding tert-OH is 1. The van der Waals surface area contributed by atoms with Crippen LogP contribution in [0.15, 0.2) is 18.3 Å². The molecule has 1 saturated heterocycles. The Labute approximate surface area is 109 Å². The molecule has 2 N–H and O–H groups in total. The van der Waals surface area contributed by atoms with E-state index >= 15 is 0 Å². The Kier molecular flexibility index (Phi) is 4.55. The molecule has 0 bridgehead atoms. The molecule has 0 aromatic carbocycles. The maximum absolute atomic E-state index is 9.45. The number of hydrogen-bond donors (Lipinski definition) is 2.